The SMILES string of the molecule is Cc1cc(C(=O)NCC(O)CN2CCC(C)CC2)ccc1Cl. The average molecular weight is 325 g/mol. The Morgan fingerprint density at radius 1 is 1.45 bits per heavy atom. The number of β-amino-alcohol motifs (C(OH)–C–C–N with tert-alkyl or cyclic N) is 1. The Morgan fingerprint density at radius 3 is 2.77 bits per heavy atom. The van der Waals surface area contributed by atoms with E-state index in [0.717, 1.165) is 24.6 Å². The summed E-state index contributed by atoms with van der Waals surface area (Å²) >= 11 is 5.95. The lowest BCUT2D eigenvalue weighted by Gasteiger charge is -2.31. The van der Waals surface area contributed by atoms with Gasteiger partial charge in [0, 0.05) is 23.7 Å². The maximum absolute atomic E-state index is 12.1. The van der Waals surface area contributed by atoms with Gasteiger partial charge in [0.1, 0.15) is 0 Å². The number of aliphatic hydroxyl groups excluding tert-OH is 1. The van der Waals surface area contributed by atoms with Crippen LogP contribution in [0.5, 0.6) is 0 Å². The number of aryl methyl sites for hydroxylation is 1. The molecular formula is C17H25ClN2O2. The monoisotopic (exact) mass is 324 g/mol. The van der Waals surface area contributed by atoms with Crippen LogP contribution in [-0.2, 0) is 0 Å². The molecule has 1 aromatic carbocycles. The van der Waals surface area contributed by atoms with Crippen LogP contribution in [-0.4, -0.2) is 48.2 Å². The number of nitrogens with zero attached hydrogens (tertiary/aromatic N) is 1. The molecule has 1 heterocycles. The van der Waals surface area contributed by atoms with Gasteiger partial charge in [-0.25, -0.2) is 0 Å². The number of carbonyl (C=O) groups excluding carboxylic acids is 1. The number of amides is 1. The highest BCUT2D eigenvalue weighted by molar-refractivity contribution is 6.31. The molecule has 2 N–H and O–H groups in total. The molecule has 1 aliphatic heterocycles. The number of hydrogen-bond acceptors (Lipinski definition) is 3. The van der Waals surface area contributed by atoms with Gasteiger partial charge in [0.2, 0.25) is 0 Å². The van der Waals surface area contributed by atoms with Gasteiger partial charge >= 0.3 is 0 Å². The van der Waals surface area contributed by atoms with E-state index in [-0.39, 0.29) is 12.5 Å². The third-order valence-electron chi connectivity index (χ3n) is 4.26. The highest BCUT2D eigenvalue weighted by Gasteiger charge is 2.18. The lowest BCUT2D eigenvalue weighted by atomic mass is 9.99. The number of nitrogens with one attached hydrogen (secondary N) is 1. The summed E-state index contributed by atoms with van der Waals surface area (Å²) in [7, 11) is 0. The normalized spacial score (nSPS) is 18.2. The Morgan fingerprint density at radius 2 is 2.14 bits per heavy atom. The van der Waals surface area contributed by atoms with Crippen molar-refractivity contribution in [2.24, 2.45) is 5.92 Å². The van der Waals surface area contributed by atoms with Gasteiger partial charge < -0.3 is 15.3 Å². The standard InChI is InChI=1S/C17H25ClN2O2/c1-12-5-7-20(8-6-12)11-15(21)10-19-17(22)14-3-4-16(18)13(2)9-14/h3-4,9,12,15,21H,5-8,10-11H2,1-2H3,(H,19,22). The molecule has 2 rings (SSSR count). The van der Waals surface area contributed by atoms with E-state index >= 15 is 0 Å². The number of halogens is 1. The minimum atomic E-state index is -0.536. The third-order valence-corrected chi connectivity index (χ3v) is 4.69. The van der Waals surface area contributed by atoms with Gasteiger partial charge in [0.15, 0.2) is 0 Å². The molecule has 1 aromatic rings. The molecule has 1 amide bonds. The second kappa shape index (κ2) is 7.95. The molecule has 0 spiro atoms. The van der Waals surface area contributed by atoms with Gasteiger partial charge in [0.25, 0.3) is 5.91 Å². The van der Waals surface area contributed by atoms with Crippen LogP contribution < -0.4 is 5.32 Å². The van der Waals surface area contributed by atoms with Gasteiger partial charge in [-0.2, -0.15) is 0 Å². The van der Waals surface area contributed by atoms with Crippen LogP contribution in [0.2, 0.25) is 5.02 Å². The first-order valence-electron chi connectivity index (χ1n) is 7.90. The van der Waals surface area contributed by atoms with Crippen LogP contribution in [0.3, 0.4) is 0 Å². The topological polar surface area (TPSA) is 52.6 Å². The maximum atomic E-state index is 12.1. The Kier molecular flexibility index (Phi) is 6.24. The Bertz CT molecular complexity index is 513. The molecule has 5 heteroatoms. The van der Waals surface area contributed by atoms with Crippen LogP contribution in [0, 0.1) is 12.8 Å². The van der Waals surface area contributed by atoms with Crippen molar-refractivity contribution in [1.82, 2.24) is 10.2 Å². The number of likely N-dealkylation sites (tertiary alicyclic amines) is 1. The van der Waals surface area contributed by atoms with E-state index in [1.807, 2.05) is 6.92 Å². The van der Waals surface area contributed by atoms with Crippen molar-refractivity contribution in [2.75, 3.05) is 26.2 Å². The van der Waals surface area contributed by atoms with Crippen LogP contribution in [0.4, 0.5) is 0 Å². The summed E-state index contributed by atoms with van der Waals surface area (Å²) in [6.07, 6.45) is 1.83. The summed E-state index contributed by atoms with van der Waals surface area (Å²) in [6, 6.07) is 5.18. The fourth-order valence-electron chi connectivity index (χ4n) is 2.71. The van der Waals surface area contributed by atoms with E-state index in [2.05, 4.69) is 17.1 Å². The van der Waals surface area contributed by atoms with Gasteiger partial charge in [0.05, 0.1) is 6.10 Å². The van der Waals surface area contributed by atoms with Gasteiger partial charge in [-0.05, 0) is 62.5 Å². The van der Waals surface area contributed by atoms with Crippen molar-refractivity contribution in [3.05, 3.63) is 34.3 Å². The third kappa shape index (κ3) is 4.97. The van der Waals surface area contributed by atoms with E-state index in [4.69, 9.17) is 11.6 Å². The number of benzene rings is 1. The number of carbonyl (C=O) groups is 1. The zero-order valence-corrected chi connectivity index (χ0v) is 14.1. The van der Waals surface area contributed by atoms with E-state index < -0.39 is 6.10 Å². The summed E-state index contributed by atoms with van der Waals surface area (Å²) in [5.74, 6) is 0.604. The summed E-state index contributed by atoms with van der Waals surface area (Å²) in [4.78, 5) is 14.3. The molecule has 1 fully saturated rings. The largest absolute Gasteiger partial charge is 0.390 e. The summed E-state index contributed by atoms with van der Waals surface area (Å²) < 4.78 is 0. The molecule has 0 aliphatic carbocycles. The molecule has 1 atom stereocenters. The number of hydrogen-bond donors (Lipinski definition) is 2. The van der Waals surface area contributed by atoms with E-state index in [0.29, 0.717) is 17.1 Å². The first-order valence-corrected chi connectivity index (χ1v) is 8.28. The zero-order valence-electron chi connectivity index (χ0n) is 13.3. The van der Waals surface area contributed by atoms with Crippen molar-refractivity contribution in [3.63, 3.8) is 0 Å². The van der Waals surface area contributed by atoms with Crippen LogP contribution in [0.15, 0.2) is 18.2 Å². The van der Waals surface area contributed by atoms with Gasteiger partial charge in [-0.1, -0.05) is 18.5 Å². The second-order valence-corrected chi connectivity index (χ2v) is 6.72. The molecule has 1 saturated heterocycles. The maximum Gasteiger partial charge on any atom is 0.251 e. The molecule has 0 aromatic heterocycles. The van der Waals surface area contributed by atoms with Gasteiger partial charge in [-0.15, -0.1) is 0 Å². The zero-order chi connectivity index (χ0) is 16.1. The molecule has 0 radical (unpaired) electrons. The van der Waals surface area contributed by atoms with Crippen LogP contribution in [0.25, 0.3) is 0 Å². The highest BCUT2D eigenvalue weighted by atomic mass is 35.5. The van der Waals surface area contributed by atoms with Crippen LogP contribution >= 0.6 is 11.6 Å². The molecule has 0 bridgehead atoms. The summed E-state index contributed by atoms with van der Waals surface area (Å²) in [5, 5.41) is 13.5. The number of rotatable bonds is 5. The quantitative estimate of drug-likeness (QED) is 0.875. The molecule has 4 nitrogen and oxygen atoms in total. The Hall–Kier alpha value is -1.10. The van der Waals surface area contributed by atoms with Gasteiger partial charge in [-0.3, -0.25) is 4.79 Å². The minimum Gasteiger partial charge on any atom is -0.390 e. The lowest BCUT2D eigenvalue weighted by Crippen LogP contribution is -2.43. The fraction of sp³-hybridized carbons (Fsp3) is 0.588. The predicted molar refractivity (Wildman–Crippen MR) is 89.4 cm³/mol. The second-order valence-electron chi connectivity index (χ2n) is 6.31. The van der Waals surface area contributed by atoms with E-state index in [9.17, 15) is 9.90 Å². The van der Waals surface area contributed by atoms with Crippen molar-refractivity contribution >= 4 is 17.5 Å². The predicted octanol–water partition coefficient (Wildman–Crippen LogP) is 2.47. The van der Waals surface area contributed by atoms with Crippen LogP contribution in [0.1, 0.15) is 35.7 Å². The molecule has 1 aliphatic rings. The smallest absolute Gasteiger partial charge is 0.251 e. The van der Waals surface area contributed by atoms with E-state index in [1.165, 1.54) is 12.8 Å². The highest BCUT2D eigenvalue weighted by Crippen LogP contribution is 2.17. The lowest BCUT2D eigenvalue weighted by molar-refractivity contribution is 0.0795. The van der Waals surface area contributed by atoms with Crippen molar-refractivity contribution in [3.8, 4) is 0 Å². The molecule has 1 unspecified atom stereocenters. The Balaban J connectivity index is 1.76. The molecule has 0 saturated carbocycles. The summed E-state index contributed by atoms with van der Waals surface area (Å²) in [6.45, 7) is 7.08. The first kappa shape index (κ1) is 17.3. The summed E-state index contributed by atoms with van der Waals surface area (Å²) in [5.41, 5.74) is 1.44. The Labute approximate surface area is 137 Å². The van der Waals surface area contributed by atoms with Crippen molar-refractivity contribution in [1.29, 1.82) is 0 Å². The number of piperidine rings is 1. The average Bonchev–Trinajstić information content (AvgIpc) is 2.50. The van der Waals surface area contributed by atoms with E-state index in [1.54, 1.807) is 18.2 Å². The number of aliphatic hydroxyl groups is 1. The molecule has 122 valence electrons. The van der Waals surface area contributed by atoms with Crippen molar-refractivity contribution in [2.45, 2.75) is 32.8 Å². The van der Waals surface area contributed by atoms with Crippen molar-refractivity contribution < 1.29 is 9.90 Å². The fourth-order valence-corrected chi connectivity index (χ4v) is 2.82. The minimum absolute atomic E-state index is 0.175. The first-order chi connectivity index (χ1) is 10.5. The molecular weight excluding hydrogens is 300 g/mol. The molecule has 22 heavy (non-hydrogen) atoms.